The highest BCUT2D eigenvalue weighted by atomic mass is 16.4. The van der Waals surface area contributed by atoms with Crippen molar-refractivity contribution in [1.82, 2.24) is 14.9 Å². The number of likely N-dealkylation sites (tertiary alicyclic amines) is 1. The van der Waals surface area contributed by atoms with Gasteiger partial charge in [0.25, 0.3) is 0 Å². The van der Waals surface area contributed by atoms with E-state index in [1.54, 1.807) is 12.4 Å². The van der Waals surface area contributed by atoms with Crippen molar-refractivity contribution < 1.29 is 4.42 Å². The van der Waals surface area contributed by atoms with Gasteiger partial charge < -0.3 is 9.73 Å². The number of aryl methyl sites for hydroxylation is 1. The van der Waals surface area contributed by atoms with Crippen molar-refractivity contribution in [2.75, 3.05) is 25.0 Å². The molecule has 1 atom stereocenters. The number of hydrogen-bond donors (Lipinski definition) is 1. The molecule has 4 rings (SSSR count). The van der Waals surface area contributed by atoms with Gasteiger partial charge in [-0.3, -0.25) is 9.88 Å². The Morgan fingerprint density at radius 2 is 1.90 bits per heavy atom. The number of benzene rings is 1. The molecule has 0 spiro atoms. The molecule has 0 bridgehead atoms. The van der Waals surface area contributed by atoms with Gasteiger partial charge in [0.2, 0.25) is 17.5 Å². The summed E-state index contributed by atoms with van der Waals surface area (Å²) in [5.74, 6) is 0.826. The number of nitrogens with one attached hydrogen (secondary N) is 1. The lowest BCUT2D eigenvalue weighted by Crippen LogP contribution is -2.34. The van der Waals surface area contributed by atoms with E-state index in [4.69, 9.17) is 4.42 Å². The Bertz CT molecular complexity index is 983. The predicted molar refractivity (Wildman–Crippen MR) is 117 cm³/mol. The molecule has 0 saturated carbocycles. The molecule has 1 saturated heterocycles. The van der Waals surface area contributed by atoms with E-state index >= 15 is 0 Å². The summed E-state index contributed by atoms with van der Waals surface area (Å²) >= 11 is 0. The molecule has 3 aromatic rings. The molecule has 3 heterocycles. The Morgan fingerprint density at radius 3 is 2.57 bits per heavy atom. The lowest BCUT2D eigenvalue weighted by molar-refractivity contribution is 0.213. The smallest absolute Gasteiger partial charge is 0.232 e. The second-order valence-electron chi connectivity index (χ2n) is 7.81. The molecule has 0 radical (unpaired) electrons. The molecular weight excluding hydrogens is 374 g/mol. The molecule has 1 N–H and O–H groups in total. The van der Waals surface area contributed by atoms with Gasteiger partial charge in [-0.25, -0.2) is 0 Å². The predicted octanol–water partition coefficient (Wildman–Crippen LogP) is 4.95. The summed E-state index contributed by atoms with van der Waals surface area (Å²) < 4.78 is 5.91. The van der Waals surface area contributed by atoms with Crippen molar-refractivity contribution in [2.45, 2.75) is 38.6 Å². The first-order valence-electron chi connectivity index (χ1n) is 10.6. The minimum Gasteiger partial charge on any atom is -0.419 e. The molecule has 30 heavy (non-hydrogen) atoms. The van der Waals surface area contributed by atoms with E-state index in [0.717, 1.165) is 18.7 Å². The average molecular weight is 402 g/mol. The summed E-state index contributed by atoms with van der Waals surface area (Å²) in [6, 6.07) is 14.8. The molecule has 2 aromatic heterocycles. The highest BCUT2D eigenvalue weighted by molar-refractivity contribution is 5.57. The van der Waals surface area contributed by atoms with E-state index in [1.807, 2.05) is 12.1 Å². The van der Waals surface area contributed by atoms with Crippen LogP contribution in [0.15, 0.2) is 53.2 Å². The van der Waals surface area contributed by atoms with Gasteiger partial charge in [0.05, 0.1) is 11.6 Å². The normalized spacial score (nSPS) is 15.9. The fraction of sp³-hybridized carbons (Fsp3) is 0.375. The molecule has 0 aliphatic carbocycles. The molecule has 1 aromatic carbocycles. The summed E-state index contributed by atoms with van der Waals surface area (Å²) in [6.45, 7) is 4.93. The second kappa shape index (κ2) is 9.55. The molecular formula is C24H27N5O. The van der Waals surface area contributed by atoms with Gasteiger partial charge in [-0.2, -0.15) is 10.2 Å². The maximum atomic E-state index is 9.54. The van der Waals surface area contributed by atoms with Crippen molar-refractivity contribution in [3.8, 4) is 17.5 Å². The van der Waals surface area contributed by atoms with Crippen LogP contribution in [0.1, 0.15) is 48.5 Å². The number of oxazole rings is 1. The summed E-state index contributed by atoms with van der Waals surface area (Å²) in [5, 5.41) is 12.9. The molecule has 6 heteroatoms. The van der Waals surface area contributed by atoms with Gasteiger partial charge in [0.1, 0.15) is 6.07 Å². The Morgan fingerprint density at radius 1 is 1.13 bits per heavy atom. The summed E-state index contributed by atoms with van der Waals surface area (Å²) in [6.07, 6.45) is 8.41. The SMILES string of the molecule is Cc1ccc(C(CNc2oc(-c3cccnc3)nc2C#N)N2CCCCCC2)cc1. The van der Waals surface area contributed by atoms with Crippen LogP contribution in [0.25, 0.3) is 11.5 Å². The van der Waals surface area contributed by atoms with E-state index < -0.39 is 0 Å². The minimum atomic E-state index is 0.210. The van der Waals surface area contributed by atoms with Crippen LogP contribution >= 0.6 is 0 Å². The summed E-state index contributed by atoms with van der Waals surface area (Å²) in [5.41, 5.74) is 3.56. The third kappa shape index (κ3) is 4.69. The van der Waals surface area contributed by atoms with Crippen molar-refractivity contribution in [3.05, 3.63) is 65.6 Å². The Balaban J connectivity index is 1.57. The lowest BCUT2D eigenvalue weighted by Gasteiger charge is -2.31. The zero-order chi connectivity index (χ0) is 20.8. The first-order chi connectivity index (χ1) is 14.7. The van der Waals surface area contributed by atoms with Crippen LogP contribution in [0.2, 0.25) is 0 Å². The van der Waals surface area contributed by atoms with Crippen molar-refractivity contribution >= 4 is 5.88 Å². The molecule has 1 fully saturated rings. The van der Waals surface area contributed by atoms with E-state index in [0.29, 0.717) is 18.3 Å². The monoisotopic (exact) mass is 401 g/mol. The number of hydrogen-bond acceptors (Lipinski definition) is 6. The Hall–Kier alpha value is -3.17. The average Bonchev–Trinajstić information content (AvgIpc) is 3.01. The first kappa shape index (κ1) is 20.1. The third-order valence-corrected chi connectivity index (χ3v) is 5.64. The number of aromatic nitrogens is 2. The molecule has 1 unspecified atom stereocenters. The van der Waals surface area contributed by atoms with Gasteiger partial charge >= 0.3 is 0 Å². The molecule has 1 aliphatic heterocycles. The number of anilines is 1. The lowest BCUT2D eigenvalue weighted by atomic mass is 10.0. The van der Waals surface area contributed by atoms with Crippen LogP contribution in [-0.2, 0) is 0 Å². The topological polar surface area (TPSA) is 78.0 Å². The van der Waals surface area contributed by atoms with Crippen molar-refractivity contribution in [1.29, 1.82) is 5.26 Å². The van der Waals surface area contributed by atoms with Crippen LogP contribution in [0, 0.1) is 18.3 Å². The van der Waals surface area contributed by atoms with Gasteiger partial charge in [0, 0.05) is 18.9 Å². The molecule has 154 valence electrons. The number of nitriles is 1. The summed E-state index contributed by atoms with van der Waals surface area (Å²) in [4.78, 5) is 11.0. The second-order valence-corrected chi connectivity index (χ2v) is 7.81. The Kier molecular flexibility index (Phi) is 6.41. The largest absolute Gasteiger partial charge is 0.419 e. The summed E-state index contributed by atoms with van der Waals surface area (Å²) in [7, 11) is 0. The van der Waals surface area contributed by atoms with E-state index in [2.05, 4.69) is 57.4 Å². The number of pyridine rings is 1. The quantitative estimate of drug-likeness (QED) is 0.630. The molecule has 0 amide bonds. The van der Waals surface area contributed by atoms with E-state index in [-0.39, 0.29) is 11.7 Å². The molecule has 6 nitrogen and oxygen atoms in total. The van der Waals surface area contributed by atoms with Crippen LogP contribution in [0.5, 0.6) is 0 Å². The zero-order valence-electron chi connectivity index (χ0n) is 17.3. The highest BCUT2D eigenvalue weighted by Crippen LogP contribution is 2.28. The van der Waals surface area contributed by atoms with Gasteiger partial charge in [0.15, 0.2) is 0 Å². The number of nitrogens with zero attached hydrogens (tertiary/aromatic N) is 4. The maximum absolute atomic E-state index is 9.54. The van der Waals surface area contributed by atoms with Crippen LogP contribution < -0.4 is 5.32 Å². The first-order valence-corrected chi connectivity index (χ1v) is 10.6. The van der Waals surface area contributed by atoms with Crippen LogP contribution in [0.3, 0.4) is 0 Å². The highest BCUT2D eigenvalue weighted by Gasteiger charge is 2.23. The Labute approximate surface area is 177 Å². The molecule has 1 aliphatic rings. The van der Waals surface area contributed by atoms with E-state index in [9.17, 15) is 5.26 Å². The van der Waals surface area contributed by atoms with Crippen molar-refractivity contribution in [3.63, 3.8) is 0 Å². The fourth-order valence-corrected chi connectivity index (χ4v) is 3.97. The third-order valence-electron chi connectivity index (χ3n) is 5.64. The zero-order valence-corrected chi connectivity index (χ0v) is 17.3. The van der Waals surface area contributed by atoms with Crippen LogP contribution in [0.4, 0.5) is 5.88 Å². The number of rotatable bonds is 6. The van der Waals surface area contributed by atoms with Gasteiger partial charge in [-0.05, 0) is 50.6 Å². The maximum Gasteiger partial charge on any atom is 0.232 e. The standard InChI is InChI=1S/C24H27N5O/c1-18-8-10-19(11-9-18)22(29-13-4-2-3-5-14-29)17-27-24-21(15-25)28-23(30-24)20-7-6-12-26-16-20/h6-12,16,22,27H,2-5,13-14,17H2,1H3. The fourth-order valence-electron chi connectivity index (χ4n) is 3.97. The van der Waals surface area contributed by atoms with Crippen LogP contribution in [-0.4, -0.2) is 34.5 Å². The minimum absolute atomic E-state index is 0.210. The van der Waals surface area contributed by atoms with Gasteiger partial charge in [-0.15, -0.1) is 0 Å². The van der Waals surface area contributed by atoms with Gasteiger partial charge in [-0.1, -0.05) is 42.7 Å². The van der Waals surface area contributed by atoms with E-state index in [1.165, 1.54) is 36.8 Å². The van der Waals surface area contributed by atoms with Crippen molar-refractivity contribution in [2.24, 2.45) is 0 Å².